The second kappa shape index (κ2) is 9.00. The highest BCUT2D eigenvalue weighted by molar-refractivity contribution is 5.64. The fourth-order valence-electron chi connectivity index (χ4n) is 3.59. The van der Waals surface area contributed by atoms with Gasteiger partial charge in [0, 0.05) is 23.7 Å². The van der Waals surface area contributed by atoms with Gasteiger partial charge >= 0.3 is 0 Å². The van der Waals surface area contributed by atoms with E-state index in [1.165, 1.54) is 43.3 Å². The lowest BCUT2D eigenvalue weighted by Gasteiger charge is -2.30. The van der Waals surface area contributed by atoms with E-state index in [1.807, 2.05) is 24.3 Å². The Morgan fingerprint density at radius 1 is 1.12 bits per heavy atom. The van der Waals surface area contributed by atoms with Crippen LogP contribution < -0.4 is 5.32 Å². The quantitative estimate of drug-likeness (QED) is 0.715. The Bertz CT molecular complexity index is 715. The zero-order valence-corrected chi connectivity index (χ0v) is 15.7. The third kappa shape index (κ3) is 4.95. The summed E-state index contributed by atoms with van der Waals surface area (Å²) < 4.78 is 13.9. The Morgan fingerprint density at radius 3 is 2.50 bits per heavy atom. The van der Waals surface area contributed by atoms with E-state index in [9.17, 15) is 4.39 Å². The summed E-state index contributed by atoms with van der Waals surface area (Å²) in [5.74, 6) is 0.447. The average Bonchev–Trinajstić information content (AvgIpc) is 2.67. The molecule has 26 heavy (non-hydrogen) atoms. The summed E-state index contributed by atoms with van der Waals surface area (Å²) in [7, 11) is 2.18. The minimum atomic E-state index is -0.170. The molecule has 0 atom stereocenters. The first-order valence-electron chi connectivity index (χ1n) is 9.58. The highest BCUT2D eigenvalue weighted by Crippen LogP contribution is 2.23. The Morgan fingerprint density at radius 2 is 1.81 bits per heavy atom. The van der Waals surface area contributed by atoms with Crippen LogP contribution in [0.5, 0.6) is 0 Å². The minimum Gasteiger partial charge on any atom is -0.389 e. The van der Waals surface area contributed by atoms with E-state index in [0.717, 1.165) is 24.9 Å². The van der Waals surface area contributed by atoms with Crippen molar-refractivity contribution >= 4 is 0 Å². The van der Waals surface area contributed by atoms with Gasteiger partial charge in [0.25, 0.3) is 0 Å². The standard InChI is InChI=1S/C23H29FN2/c1-18(20-13-16-26(2)17-14-20)25-15-5-6-19-9-11-21(12-10-19)22-7-3-4-8-23(22)24/h3-4,7-12,20,25H,1,5-6,13-17H2,2H3. The van der Waals surface area contributed by atoms with Crippen molar-refractivity contribution in [1.82, 2.24) is 10.2 Å². The Balaban J connectivity index is 1.43. The fraction of sp³-hybridized carbons (Fsp3) is 0.391. The number of halogens is 1. The van der Waals surface area contributed by atoms with Crippen molar-refractivity contribution in [3.05, 3.63) is 72.2 Å². The van der Waals surface area contributed by atoms with Gasteiger partial charge in [-0.15, -0.1) is 0 Å². The number of aryl methyl sites for hydroxylation is 1. The number of rotatable bonds is 7. The fourth-order valence-corrected chi connectivity index (χ4v) is 3.59. The lowest BCUT2D eigenvalue weighted by atomic mass is 9.94. The molecular weight excluding hydrogens is 323 g/mol. The predicted molar refractivity (Wildman–Crippen MR) is 108 cm³/mol. The Hall–Kier alpha value is -2.13. The van der Waals surface area contributed by atoms with E-state index in [1.54, 1.807) is 6.07 Å². The lowest BCUT2D eigenvalue weighted by molar-refractivity contribution is 0.233. The first-order valence-corrected chi connectivity index (χ1v) is 9.58. The number of nitrogens with one attached hydrogen (secondary N) is 1. The van der Waals surface area contributed by atoms with Gasteiger partial charge in [0.2, 0.25) is 0 Å². The van der Waals surface area contributed by atoms with Gasteiger partial charge < -0.3 is 10.2 Å². The van der Waals surface area contributed by atoms with Crippen LogP contribution in [0, 0.1) is 11.7 Å². The van der Waals surface area contributed by atoms with Crippen molar-refractivity contribution < 1.29 is 4.39 Å². The maximum atomic E-state index is 13.9. The number of allylic oxidation sites excluding steroid dienone is 1. The van der Waals surface area contributed by atoms with Crippen LogP contribution in [-0.2, 0) is 6.42 Å². The highest BCUT2D eigenvalue weighted by Gasteiger charge is 2.18. The van der Waals surface area contributed by atoms with E-state index in [0.29, 0.717) is 11.5 Å². The zero-order chi connectivity index (χ0) is 18.4. The normalized spacial score (nSPS) is 15.8. The minimum absolute atomic E-state index is 0.170. The number of piperidine rings is 1. The van der Waals surface area contributed by atoms with Crippen LogP contribution in [0.2, 0.25) is 0 Å². The molecular formula is C23H29FN2. The third-order valence-electron chi connectivity index (χ3n) is 5.34. The van der Waals surface area contributed by atoms with Crippen LogP contribution in [0.1, 0.15) is 24.8 Å². The molecule has 1 aliphatic rings. The molecule has 0 amide bonds. The third-order valence-corrected chi connectivity index (χ3v) is 5.34. The van der Waals surface area contributed by atoms with Crippen molar-refractivity contribution in [3.8, 4) is 11.1 Å². The first-order chi connectivity index (χ1) is 12.6. The van der Waals surface area contributed by atoms with E-state index < -0.39 is 0 Å². The predicted octanol–water partition coefficient (Wildman–Crippen LogP) is 4.87. The molecule has 0 saturated carbocycles. The summed E-state index contributed by atoms with van der Waals surface area (Å²) in [6, 6.07) is 15.2. The molecule has 2 aromatic rings. The molecule has 1 aliphatic heterocycles. The molecule has 2 nitrogen and oxygen atoms in total. The van der Waals surface area contributed by atoms with E-state index in [2.05, 4.69) is 36.0 Å². The molecule has 1 saturated heterocycles. The van der Waals surface area contributed by atoms with Crippen molar-refractivity contribution in [2.45, 2.75) is 25.7 Å². The van der Waals surface area contributed by atoms with Crippen molar-refractivity contribution in [2.24, 2.45) is 5.92 Å². The van der Waals surface area contributed by atoms with Gasteiger partial charge in [0.1, 0.15) is 5.82 Å². The van der Waals surface area contributed by atoms with Crippen LogP contribution in [0.15, 0.2) is 60.8 Å². The number of benzene rings is 2. The summed E-state index contributed by atoms with van der Waals surface area (Å²) in [4.78, 5) is 2.38. The van der Waals surface area contributed by atoms with Crippen LogP contribution in [0.25, 0.3) is 11.1 Å². The Kier molecular flexibility index (Phi) is 6.45. The topological polar surface area (TPSA) is 15.3 Å². The van der Waals surface area contributed by atoms with Crippen molar-refractivity contribution in [2.75, 3.05) is 26.7 Å². The maximum absolute atomic E-state index is 13.9. The van der Waals surface area contributed by atoms with Crippen LogP contribution in [0.4, 0.5) is 4.39 Å². The van der Waals surface area contributed by atoms with E-state index in [4.69, 9.17) is 0 Å². The average molecular weight is 352 g/mol. The van der Waals surface area contributed by atoms with Gasteiger partial charge in [-0.3, -0.25) is 0 Å². The molecule has 0 bridgehead atoms. The monoisotopic (exact) mass is 352 g/mol. The number of nitrogens with zero attached hydrogens (tertiary/aromatic N) is 1. The summed E-state index contributed by atoms with van der Waals surface area (Å²) in [5, 5.41) is 3.52. The second-order valence-electron chi connectivity index (χ2n) is 7.31. The van der Waals surface area contributed by atoms with Crippen LogP contribution in [-0.4, -0.2) is 31.6 Å². The molecule has 0 unspecified atom stereocenters. The molecule has 1 heterocycles. The van der Waals surface area contributed by atoms with Gasteiger partial charge in [-0.2, -0.15) is 0 Å². The molecule has 1 N–H and O–H groups in total. The molecule has 0 radical (unpaired) electrons. The van der Waals surface area contributed by atoms with Gasteiger partial charge in [0.15, 0.2) is 0 Å². The van der Waals surface area contributed by atoms with Crippen LogP contribution in [0.3, 0.4) is 0 Å². The molecule has 0 aliphatic carbocycles. The lowest BCUT2D eigenvalue weighted by Crippen LogP contribution is -2.33. The van der Waals surface area contributed by atoms with Gasteiger partial charge in [-0.05, 0) is 63.0 Å². The molecule has 1 fully saturated rings. The number of hydrogen-bond acceptors (Lipinski definition) is 2. The van der Waals surface area contributed by atoms with E-state index in [-0.39, 0.29) is 5.82 Å². The van der Waals surface area contributed by atoms with E-state index >= 15 is 0 Å². The molecule has 3 rings (SSSR count). The molecule has 0 aromatic heterocycles. The molecule has 3 heteroatoms. The van der Waals surface area contributed by atoms with Crippen molar-refractivity contribution in [1.29, 1.82) is 0 Å². The molecule has 0 spiro atoms. The SMILES string of the molecule is C=C(NCCCc1ccc(-c2ccccc2F)cc1)C1CCN(C)CC1. The maximum Gasteiger partial charge on any atom is 0.131 e. The summed E-state index contributed by atoms with van der Waals surface area (Å²) in [5.41, 5.74) is 4.08. The van der Waals surface area contributed by atoms with Crippen molar-refractivity contribution in [3.63, 3.8) is 0 Å². The summed E-state index contributed by atoms with van der Waals surface area (Å²) >= 11 is 0. The largest absolute Gasteiger partial charge is 0.389 e. The van der Waals surface area contributed by atoms with Crippen LogP contribution >= 0.6 is 0 Å². The van der Waals surface area contributed by atoms with Gasteiger partial charge in [-0.25, -0.2) is 4.39 Å². The second-order valence-corrected chi connectivity index (χ2v) is 7.31. The highest BCUT2D eigenvalue weighted by atomic mass is 19.1. The summed E-state index contributed by atoms with van der Waals surface area (Å²) in [6.45, 7) is 7.53. The molecule has 2 aromatic carbocycles. The zero-order valence-electron chi connectivity index (χ0n) is 15.7. The molecule has 138 valence electrons. The Labute approximate surface area is 156 Å². The smallest absolute Gasteiger partial charge is 0.131 e. The first kappa shape index (κ1) is 18.7. The summed E-state index contributed by atoms with van der Waals surface area (Å²) in [6.07, 6.45) is 4.51. The number of likely N-dealkylation sites (tertiary alicyclic amines) is 1. The van der Waals surface area contributed by atoms with Gasteiger partial charge in [0.05, 0.1) is 0 Å². The number of hydrogen-bond donors (Lipinski definition) is 1. The van der Waals surface area contributed by atoms with Gasteiger partial charge in [-0.1, -0.05) is 49.0 Å².